The molecule has 0 amide bonds. The number of anilines is 3. The lowest BCUT2D eigenvalue weighted by atomic mass is 10.1. The van der Waals surface area contributed by atoms with E-state index in [1.54, 1.807) is 20.3 Å². The van der Waals surface area contributed by atoms with Gasteiger partial charge in [0.05, 0.1) is 25.5 Å². The first-order valence-corrected chi connectivity index (χ1v) is 6.88. The zero-order chi connectivity index (χ0) is 16.2. The Morgan fingerprint density at radius 1 is 1.00 bits per heavy atom. The molecule has 1 aromatic heterocycles. The summed E-state index contributed by atoms with van der Waals surface area (Å²) in [6.45, 7) is 0. The first kappa shape index (κ1) is 14.7. The lowest BCUT2D eigenvalue weighted by Crippen LogP contribution is -1.95. The lowest BCUT2D eigenvalue weighted by Gasteiger charge is -2.12. The molecule has 0 atom stereocenters. The third-order valence-corrected chi connectivity index (χ3v) is 3.23. The minimum absolute atomic E-state index is 0.0258. The Labute approximate surface area is 133 Å². The van der Waals surface area contributed by atoms with Crippen LogP contribution in [0.2, 0.25) is 0 Å². The van der Waals surface area contributed by atoms with Crippen molar-refractivity contribution in [3.05, 3.63) is 42.5 Å². The monoisotopic (exact) mass is 312 g/mol. The van der Waals surface area contributed by atoms with Gasteiger partial charge in [0.25, 0.3) is 5.89 Å². The fourth-order valence-electron chi connectivity index (χ4n) is 2.16. The molecule has 3 N–H and O–H groups in total. The minimum Gasteiger partial charge on any atom is -0.497 e. The number of para-hydroxylation sites is 1. The highest BCUT2D eigenvalue weighted by atomic mass is 16.5. The van der Waals surface area contributed by atoms with Crippen molar-refractivity contribution >= 4 is 17.4 Å². The molecule has 0 saturated heterocycles. The Morgan fingerprint density at radius 3 is 2.30 bits per heavy atom. The number of nitrogens with one attached hydrogen (secondary N) is 1. The second kappa shape index (κ2) is 6.27. The van der Waals surface area contributed by atoms with Crippen LogP contribution >= 0.6 is 0 Å². The van der Waals surface area contributed by atoms with Crippen LogP contribution in [0, 0.1) is 0 Å². The molecule has 1 heterocycles. The maximum Gasteiger partial charge on any atom is 0.313 e. The van der Waals surface area contributed by atoms with E-state index in [0.29, 0.717) is 17.4 Å². The highest BCUT2D eigenvalue weighted by molar-refractivity contribution is 5.77. The fraction of sp³-hybridized carbons (Fsp3) is 0.125. The minimum atomic E-state index is 0.0258. The Morgan fingerprint density at radius 2 is 1.70 bits per heavy atom. The molecule has 0 aliphatic carbocycles. The maximum absolute atomic E-state index is 5.50. The van der Waals surface area contributed by atoms with E-state index in [4.69, 9.17) is 19.6 Å². The standard InChI is InChI=1S/C16H16N4O3/c1-21-11-7-10(8-12(9-11)22-2)18-14-6-4-3-5-13(14)15-19-20-16(17)23-15/h3-9,18H,1-2H3,(H2,17,20). The second-order valence-electron chi connectivity index (χ2n) is 4.72. The Hall–Kier alpha value is -3.22. The number of rotatable bonds is 5. The molecule has 0 bridgehead atoms. The Kier molecular flexibility index (Phi) is 4.01. The third-order valence-electron chi connectivity index (χ3n) is 3.23. The summed E-state index contributed by atoms with van der Waals surface area (Å²) >= 11 is 0. The van der Waals surface area contributed by atoms with Crippen LogP contribution < -0.4 is 20.5 Å². The number of nitrogens with zero attached hydrogens (tertiary/aromatic N) is 2. The summed E-state index contributed by atoms with van der Waals surface area (Å²) in [7, 11) is 3.21. The van der Waals surface area contributed by atoms with Gasteiger partial charge in [-0.2, -0.15) is 0 Å². The lowest BCUT2D eigenvalue weighted by molar-refractivity contribution is 0.395. The van der Waals surface area contributed by atoms with E-state index < -0.39 is 0 Å². The third kappa shape index (κ3) is 3.18. The molecule has 0 spiro atoms. The normalized spacial score (nSPS) is 10.3. The molecule has 118 valence electrons. The predicted molar refractivity (Wildman–Crippen MR) is 87.0 cm³/mol. The number of aromatic nitrogens is 2. The molecule has 23 heavy (non-hydrogen) atoms. The molecule has 2 aromatic carbocycles. The molecule has 7 heteroatoms. The van der Waals surface area contributed by atoms with E-state index >= 15 is 0 Å². The van der Waals surface area contributed by atoms with Crippen molar-refractivity contribution in [1.82, 2.24) is 10.2 Å². The topological polar surface area (TPSA) is 95.4 Å². The maximum atomic E-state index is 5.50. The smallest absolute Gasteiger partial charge is 0.313 e. The van der Waals surface area contributed by atoms with Crippen LogP contribution in [0.1, 0.15) is 0 Å². The van der Waals surface area contributed by atoms with Crippen LogP contribution in [0.25, 0.3) is 11.5 Å². The predicted octanol–water partition coefficient (Wildman–Crippen LogP) is 3.08. The van der Waals surface area contributed by atoms with Crippen molar-refractivity contribution < 1.29 is 13.9 Å². The van der Waals surface area contributed by atoms with Gasteiger partial charge in [0, 0.05) is 23.9 Å². The first-order valence-electron chi connectivity index (χ1n) is 6.88. The van der Waals surface area contributed by atoms with Gasteiger partial charge in [0.2, 0.25) is 0 Å². The van der Waals surface area contributed by atoms with Crippen LogP contribution in [0.4, 0.5) is 17.4 Å². The average molecular weight is 312 g/mol. The SMILES string of the molecule is COc1cc(Nc2ccccc2-c2nnc(N)o2)cc(OC)c1. The molecule has 0 unspecified atom stereocenters. The molecular weight excluding hydrogens is 296 g/mol. The Balaban J connectivity index is 1.98. The van der Waals surface area contributed by atoms with Gasteiger partial charge in [0.15, 0.2) is 0 Å². The molecule has 0 aliphatic heterocycles. The number of nitrogen functional groups attached to an aromatic ring is 1. The highest BCUT2D eigenvalue weighted by Gasteiger charge is 2.12. The molecule has 0 aliphatic rings. The van der Waals surface area contributed by atoms with Crippen LogP contribution in [0.15, 0.2) is 46.9 Å². The first-order chi connectivity index (χ1) is 11.2. The van der Waals surface area contributed by atoms with Crippen molar-refractivity contribution in [2.24, 2.45) is 0 Å². The number of nitrogens with two attached hydrogens (primary N) is 1. The summed E-state index contributed by atoms with van der Waals surface area (Å²) in [6.07, 6.45) is 0. The number of benzene rings is 2. The van der Waals surface area contributed by atoms with E-state index in [1.807, 2.05) is 36.4 Å². The number of methoxy groups -OCH3 is 2. The molecular formula is C16H16N4O3. The molecule has 3 aromatic rings. The summed E-state index contributed by atoms with van der Waals surface area (Å²) in [5.41, 5.74) is 7.85. The van der Waals surface area contributed by atoms with Gasteiger partial charge >= 0.3 is 6.01 Å². The quantitative estimate of drug-likeness (QED) is 0.747. The summed E-state index contributed by atoms with van der Waals surface area (Å²) < 4.78 is 15.9. The van der Waals surface area contributed by atoms with E-state index in [0.717, 1.165) is 16.9 Å². The molecule has 0 saturated carbocycles. The van der Waals surface area contributed by atoms with Crippen molar-refractivity contribution in [3.8, 4) is 23.0 Å². The average Bonchev–Trinajstić information content (AvgIpc) is 3.01. The van der Waals surface area contributed by atoms with Gasteiger partial charge in [-0.05, 0) is 12.1 Å². The van der Waals surface area contributed by atoms with Crippen molar-refractivity contribution in [3.63, 3.8) is 0 Å². The van der Waals surface area contributed by atoms with Gasteiger partial charge in [-0.1, -0.05) is 17.2 Å². The van der Waals surface area contributed by atoms with Crippen LogP contribution in [0.5, 0.6) is 11.5 Å². The van der Waals surface area contributed by atoms with Gasteiger partial charge in [0.1, 0.15) is 11.5 Å². The molecule has 7 nitrogen and oxygen atoms in total. The van der Waals surface area contributed by atoms with Gasteiger partial charge in [-0.25, -0.2) is 0 Å². The van der Waals surface area contributed by atoms with Crippen molar-refractivity contribution in [2.45, 2.75) is 0 Å². The van der Waals surface area contributed by atoms with E-state index in [-0.39, 0.29) is 6.01 Å². The summed E-state index contributed by atoms with van der Waals surface area (Å²) in [4.78, 5) is 0. The number of ether oxygens (including phenoxy) is 2. The van der Waals surface area contributed by atoms with Crippen LogP contribution in [-0.4, -0.2) is 24.4 Å². The molecule has 0 radical (unpaired) electrons. The number of hydrogen-bond donors (Lipinski definition) is 2. The van der Waals surface area contributed by atoms with E-state index in [9.17, 15) is 0 Å². The largest absolute Gasteiger partial charge is 0.497 e. The molecule has 0 fully saturated rings. The fourth-order valence-corrected chi connectivity index (χ4v) is 2.16. The number of hydrogen-bond acceptors (Lipinski definition) is 7. The zero-order valence-electron chi connectivity index (χ0n) is 12.7. The van der Waals surface area contributed by atoms with Crippen LogP contribution in [0.3, 0.4) is 0 Å². The summed E-state index contributed by atoms with van der Waals surface area (Å²) in [5, 5.41) is 10.9. The van der Waals surface area contributed by atoms with Crippen LogP contribution in [-0.2, 0) is 0 Å². The second-order valence-corrected chi connectivity index (χ2v) is 4.72. The van der Waals surface area contributed by atoms with E-state index in [2.05, 4.69) is 15.5 Å². The summed E-state index contributed by atoms with van der Waals surface area (Å²) in [6, 6.07) is 13.1. The Bertz CT molecular complexity index is 794. The van der Waals surface area contributed by atoms with Gasteiger partial charge in [-0.15, -0.1) is 5.10 Å². The molecule has 3 rings (SSSR count). The summed E-state index contributed by atoms with van der Waals surface area (Å²) in [5.74, 6) is 1.72. The van der Waals surface area contributed by atoms with Gasteiger partial charge in [-0.3, -0.25) is 0 Å². The zero-order valence-corrected chi connectivity index (χ0v) is 12.7. The van der Waals surface area contributed by atoms with Crippen molar-refractivity contribution in [1.29, 1.82) is 0 Å². The van der Waals surface area contributed by atoms with Crippen molar-refractivity contribution in [2.75, 3.05) is 25.3 Å². The van der Waals surface area contributed by atoms with Gasteiger partial charge < -0.3 is 24.9 Å². The highest BCUT2D eigenvalue weighted by Crippen LogP contribution is 2.32. The van der Waals surface area contributed by atoms with E-state index in [1.165, 1.54) is 0 Å².